The molecule has 2 atom stereocenters. The van der Waals surface area contributed by atoms with E-state index < -0.39 is 5.97 Å². The maximum absolute atomic E-state index is 12.0. The molecule has 1 aromatic carbocycles. The van der Waals surface area contributed by atoms with E-state index in [2.05, 4.69) is 0 Å². The Bertz CT molecular complexity index is 515. The summed E-state index contributed by atoms with van der Waals surface area (Å²) in [5, 5.41) is 9.00. The standard InChI is InChI=1S/C14H15NO4/c16-12(17)11-8-14(11)6-7-15(9-14)13(18)19-10-4-2-1-3-5-10/h1-5,11H,6-9H2,(H,16,17). The normalized spacial score (nSPS) is 28.4. The van der Waals surface area contributed by atoms with Crippen molar-refractivity contribution in [3.63, 3.8) is 0 Å². The van der Waals surface area contributed by atoms with E-state index in [0.29, 0.717) is 25.3 Å². The molecule has 2 fully saturated rings. The smallest absolute Gasteiger partial charge is 0.415 e. The van der Waals surface area contributed by atoms with E-state index in [1.807, 2.05) is 6.07 Å². The van der Waals surface area contributed by atoms with Crippen LogP contribution in [0, 0.1) is 11.3 Å². The molecule has 1 heterocycles. The maximum Gasteiger partial charge on any atom is 0.415 e. The van der Waals surface area contributed by atoms with Gasteiger partial charge in [-0.25, -0.2) is 4.79 Å². The third-order valence-electron chi connectivity index (χ3n) is 4.08. The molecule has 0 radical (unpaired) electrons. The Kier molecular flexibility index (Phi) is 2.69. The number of ether oxygens (including phenoxy) is 1. The van der Waals surface area contributed by atoms with Crippen molar-refractivity contribution >= 4 is 12.1 Å². The van der Waals surface area contributed by atoms with Gasteiger partial charge in [0.1, 0.15) is 5.75 Å². The minimum Gasteiger partial charge on any atom is -0.481 e. The van der Waals surface area contributed by atoms with E-state index in [0.717, 1.165) is 6.42 Å². The lowest BCUT2D eigenvalue weighted by molar-refractivity contribution is -0.139. The molecule has 0 aromatic heterocycles. The number of rotatable bonds is 2. The fourth-order valence-corrected chi connectivity index (χ4v) is 2.85. The van der Waals surface area contributed by atoms with Crippen molar-refractivity contribution in [1.29, 1.82) is 0 Å². The lowest BCUT2D eigenvalue weighted by Crippen LogP contribution is -2.32. The van der Waals surface area contributed by atoms with Crippen molar-refractivity contribution in [3.8, 4) is 5.75 Å². The third kappa shape index (κ3) is 2.16. The van der Waals surface area contributed by atoms with Crippen LogP contribution in [0.5, 0.6) is 5.75 Å². The first-order valence-electron chi connectivity index (χ1n) is 6.35. The Morgan fingerprint density at radius 3 is 2.68 bits per heavy atom. The number of hydrogen-bond acceptors (Lipinski definition) is 3. The van der Waals surface area contributed by atoms with Gasteiger partial charge in [0.2, 0.25) is 0 Å². The summed E-state index contributed by atoms with van der Waals surface area (Å²) in [5.41, 5.74) is -0.193. The van der Waals surface area contributed by atoms with Crippen LogP contribution in [0.1, 0.15) is 12.8 Å². The Labute approximate surface area is 110 Å². The van der Waals surface area contributed by atoms with E-state index in [1.165, 1.54) is 0 Å². The number of carboxylic acid groups (broad SMARTS) is 1. The third-order valence-corrected chi connectivity index (χ3v) is 4.08. The SMILES string of the molecule is O=C(O)C1CC12CCN(C(=O)Oc1ccccc1)C2. The number of aliphatic carboxylic acids is 1. The van der Waals surface area contributed by atoms with Crippen LogP contribution < -0.4 is 4.74 Å². The van der Waals surface area contributed by atoms with Crippen LogP contribution in [0.25, 0.3) is 0 Å². The van der Waals surface area contributed by atoms with Gasteiger partial charge in [-0.15, -0.1) is 0 Å². The topological polar surface area (TPSA) is 66.8 Å². The monoisotopic (exact) mass is 261 g/mol. The van der Waals surface area contributed by atoms with Gasteiger partial charge < -0.3 is 14.7 Å². The molecule has 1 saturated carbocycles. The highest BCUT2D eigenvalue weighted by atomic mass is 16.6. The highest BCUT2D eigenvalue weighted by molar-refractivity contribution is 5.76. The second kappa shape index (κ2) is 4.26. The Hall–Kier alpha value is -2.04. The molecule has 1 amide bonds. The van der Waals surface area contributed by atoms with Gasteiger partial charge in [-0.1, -0.05) is 18.2 Å². The van der Waals surface area contributed by atoms with Crippen LogP contribution in [0.4, 0.5) is 4.79 Å². The number of likely N-dealkylation sites (tertiary alicyclic amines) is 1. The van der Waals surface area contributed by atoms with Gasteiger partial charge in [0.05, 0.1) is 5.92 Å². The Balaban J connectivity index is 1.60. The number of para-hydroxylation sites is 1. The molecule has 1 aliphatic heterocycles. The summed E-state index contributed by atoms with van der Waals surface area (Å²) in [4.78, 5) is 24.5. The molecule has 0 bridgehead atoms. The first-order chi connectivity index (χ1) is 9.11. The Morgan fingerprint density at radius 2 is 2.05 bits per heavy atom. The van der Waals surface area contributed by atoms with Crippen LogP contribution in [0.2, 0.25) is 0 Å². The zero-order valence-electron chi connectivity index (χ0n) is 10.4. The Morgan fingerprint density at radius 1 is 1.32 bits per heavy atom. The van der Waals surface area contributed by atoms with E-state index in [9.17, 15) is 9.59 Å². The molecule has 100 valence electrons. The van der Waals surface area contributed by atoms with Crippen molar-refractivity contribution < 1.29 is 19.4 Å². The zero-order chi connectivity index (χ0) is 13.5. The first-order valence-corrected chi connectivity index (χ1v) is 6.35. The van der Waals surface area contributed by atoms with Crippen molar-refractivity contribution in [2.24, 2.45) is 11.3 Å². The van der Waals surface area contributed by atoms with Crippen LogP contribution in [-0.4, -0.2) is 35.2 Å². The summed E-state index contributed by atoms with van der Waals surface area (Å²) in [7, 11) is 0. The second-order valence-electron chi connectivity index (χ2n) is 5.31. The van der Waals surface area contributed by atoms with Gasteiger partial charge in [-0.05, 0) is 25.0 Å². The number of benzene rings is 1. The van der Waals surface area contributed by atoms with E-state index >= 15 is 0 Å². The fourth-order valence-electron chi connectivity index (χ4n) is 2.85. The molecular formula is C14H15NO4. The number of carbonyl (C=O) groups excluding carboxylic acids is 1. The number of carbonyl (C=O) groups is 2. The summed E-state index contributed by atoms with van der Waals surface area (Å²) in [6, 6.07) is 8.90. The molecule has 1 saturated heterocycles. The predicted octanol–water partition coefficient (Wildman–Crippen LogP) is 1.98. The van der Waals surface area contributed by atoms with E-state index in [-0.39, 0.29) is 17.4 Å². The molecule has 1 aromatic rings. The minimum absolute atomic E-state index is 0.193. The maximum atomic E-state index is 12.0. The average molecular weight is 261 g/mol. The van der Waals surface area contributed by atoms with Gasteiger partial charge in [-0.3, -0.25) is 4.79 Å². The van der Waals surface area contributed by atoms with Gasteiger partial charge in [0, 0.05) is 18.5 Å². The summed E-state index contributed by atoms with van der Waals surface area (Å²) in [5.74, 6) is -0.528. The molecule has 1 aliphatic carbocycles. The molecule has 2 aliphatic rings. The lowest BCUT2D eigenvalue weighted by Gasteiger charge is -2.16. The molecule has 19 heavy (non-hydrogen) atoms. The fraction of sp³-hybridized carbons (Fsp3) is 0.429. The number of hydrogen-bond donors (Lipinski definition) is 1. The first kappa shape index (κ1) is 12.0. The summed E-state index contributed by atoms with van der Waals surface area (Å²) >= 11 is 0. The van der Waals surface area contributed by atoms with Crippen LogP contribution in [0.3, 0.4) is 0 Å². The van der Waals surface area contributed by atoms with E-state index in [1.54, 1.807) is 29.2 Å². The van der Waals surface area contributed by atoms with Crippen LogP contribution >= 0.6 is 0 Å². The van der Waals surface area contributed by atoms with Gasteiger partial charge >= 0.3 is 12.1 Å². The molecule has 5 nitrogen and oxygen atoms in total. The van der Waals surface area contributed by atoms with Crippen molar-refractivity contribution in [2.45, 2.75) is 12.8 Å². The number of carboxylic acids is 1. The van der Waals surface area contributed by atoms with Crippen molar-refractivity contribution in [2.75, 3.05) is 13.1 Å². The summed E-state index contributed by atoms with van der Waals surface area (Å²) in [6.07, 6.45) is 1.05. The lowest BCUT2D eigenvalue weighted by atomic mass is 10.0. The van der Waals surface area contributed by atoms with Gasteiger partial charge in [-0.2, -0.15) is 0 Å². The predicted molar refractivity (Wildman–Crippen MR) is 66.8 cm³/mol. The largest absolute Gasteiger partial charge is 0.481 e. The molecular weight excluding hydrogens is 246 g/mol. The van der Waals surface area contributed by atoms with Gasteiger partial charge in [0.15, 0.2) is 0 Å². The summed E-state index contributed by atoms with van der Waals surface area (Å²) < 4.78 is 5.25. The van der Waals surface area contributed by atoms with Crippen molar-refractivity contribution in [3.05, 3.63) is 30.3 Å². The van der Waals surface area contributed by atoms with Gasteiger partial charge in [0.25, 0.3) is 0 Å². The number of amides is 1. The molecule has 1 spiro atoms. The van der Waals surface area contributed by atoms with Crippen LogP contribution in [0.15, 0.2) is 30.3 Å². The molecule has 5 heteroatoms. The zero-order valence-corrected chi connectivity index (χ0v) is 10.4. The van der Waals surface area contributed by atoms with Crippen molar-refractivity contribution in [1.82, 2.24) is 4.90 Å². The highest BCUT2D eigenvalue weighted by Crippen LogP contribution is 2.58. The number of nitrogens with zero attached hydrogens (tertiary/aromatic N) is 1. The quantitative estimate of drug-likeness (QED) is 0.884. The second-order valence-corrected chi connectivity index (χ2v) is 5.31. The minimum atomic E-state index is -0.752. The molecule has 2 unspecified atom stereocenters. The summed E-state index contributed by atoms with van der Waals surface area (Å²) in [6.45, 7) is 1.07. The highest BCUT2D eigenvalue weighted by Gasteiger charge is 2.62. The molecule has 3 rings (SSSR count). The van der Waals surface area contributed by atoms with Crippen LogP contribution in [-0.2, 0) is 4.79 Å². The molecule has 1 N–H and O–H groups in total. The van der Waals surface area contributed by atoms with E-state index in [4.69, 9.17) is 9.84 Å². The average Bonchev–Trinajstić information content (AvgIpc) is 2.92.